The fourth-order valence-corrected chi connectivity index (χ4v) is 1.99. The van der Waals surface area contributed by atoms with E-state index in [1.165, 1.54) is 12.1 Å². The van der Waals surface area contributed by atoms with E-state index in [4.69, 9.17) is 11.6 Å². The molecule has 1 aromatic rings. The van der Waals surface area contributed by atoms with Crippen LogP contribution in [0.1, 0.15) is 25.7 Å². The van der Waals surface area contributed by atoms with Crippen LogP contribution in [0.15, 0.2) is 30.0 Å². The van der Waals surface area contributed by atoms with Gasteiger partial charge in [-0.1, -0.05) is 11.6 Å². The normalized spacial score (nSPS) is 18.5. The Kier molecular flexibility index (Phi) is 3.79. The van der Waals surface area contributed by atoms with E-state index in [9.17, 15) is 9.18 Å². The van der Waals surface area contributed by atoms with Crippen LogP contribution >= 0.6 is 11.6 Å². The zero-order valence-corrected chi connectivity index (χ0v) is 10.1. The fraction of sp³-hybridized carbons (Fsp3) is 0.308. The summed E-state index contributed by atoms with van der Waals surface area (Å²) in [4.78, 5) is 11.5. The van der Waals surface area contributed by atoms with Crippen molar-refractivity contribution in [2.45, 2.75) is 25.7 Å². The number of carbonyl (C=O) groups excluding carboxylic acids is 1. The minimum atomic E-state index is -0.446. The Balaban J connectivity index is 2.08. The van der Waals surface area contributed by atoms with Gasteiger partial charge in [0.1, 0.15) is 5.82 Å². The predicted molar refractivity (Wildman–Crippen MR) is 66.6 cm³/mol. The topological polar surface area (TPSA) is 29.1 Å². The van der Waals surface area contributed by atoms with Gasteiger partial charge >= 0.3 is 0 Å². The van der Waals surface area contributed by atoms with Crippen LogP contribution < -0.4 is 5.32 Å². The Morgan fingerprint density at radius 1 is 1.29 bits per heavy atom. The Bertz CT molecular complexity index is 470. The summed E-state index contributed by atoms with van der Waals surface area (Å²) in [6.45, 7) is 0. The molecule has 2 rings (SSSR count). The van der Waals surface area contributed by atoms with Crippen molar-refractivity contribution in [2.24, 2.45) is 0 Å². The Morgan fingerprint density at radius 2 is 2.06 bits per heavy atom. The number of halogens is 2. The first kappa shape index (κ1) is 12.1. The second kappa shape index (κ2) is 5.32. The first-order valence-electron chi connectivity index (χ1n) is 5.60. The van der Waals surface area contributed by atoms with Crippen molar-refractivity contribution in [3.05, 3.63) is 40.8 Å². The lowest BCUT2D eigenvalue weighted by Crippen LogP contribution is -2.09. The van der Waals surface area contributed by atoms with Crippen molar-refractivity contribution in [1.82, 2.24) is 0 Å². The summed E-state index contributed by atoms with van der Waals surface area (Å²) in [6.07, 6.45) is 5.14. The molecule has 17 heavy (non-hydrogen) atoms. The highest BCUT2D eigenvalue weighted by atomic mass is 35.5. The van der Waals surface area contributed by atoms with E-state index in [0.717, 1.165) is 24.8 Å². The van der Waals surface area contributed by atoms with Gasteiger partial charge < -0.3 is 5.32 Å². The maximum atomic E-state index is 12.9. The molecule has 1 aromatic carbocycles. The van der Waals surface area contributed by atoms with Crippen molar-refractivity contribution in [2.75, 3.05) is 5.32 Å². The zero-order chi connectivity index (χ0) is 12.3. The molecule has 2 nitrogen and oxygen atoms in total. The van der Waals surface area contributed by atoms with Gasteiger partial charge in [-0.3, -0.25) is 4.79 Å². The molecule has 0 amide bonds. The highest BCUT2D eigenvalue weighted by Crippen LogP contribution is 2.22. The van der Waals surface area contributed by atoms with Crippen molar-refractivity contribution in [3.63, 3.8) is 0 Å². The summed E-state index contributed by atoms with van der Waals surface area (Å²) in [7, 11) is 0. The standard InChI is InChI=1S/C13H13ClFNO/c14-11-7-10(5-6-12(11)15)16-8-9-3-1-2-4-13(9)17/h5-8,16H,1-4H2/b9-8+. The molecule has 90 valence electrons. The van der Waals surface area contributed by atoms with E-state index in [2.05, 4.69) is 5.32 Å². The smallest absolute Gasteiger partial charge is 0.160 e. The number of carbonyl (C=O) groups is 1. The molecule has 0 heterocycles. The third kappa shape index (κ3) is 3.07. The molecule has 0 unspecified atom stereocenters. The highest BCUT2D eigenvalue weighted by Gasteiger charge is 2.14. The summed E-state index contributed by atoms with van der Waals surface area (Å²) < 4.78 is 12.9. The lowest BCUT2D eigenvalue weighted by Gasteiger charge is -2.12. The van der Waals surface area contributed by atoms with Crippen molar-refractivity contribution < 1.29 is 9.18 Å². The molecule has 0 aliphatic heterocycles. The van der Waals surface area contributed by atoms with Gasteiger partial charge in [0.25, 0.3) is 0 Å². The number of nitrogens with one attached hydrogen (secondary N) is 1. The van der Waals surface area contributed by atoms with Gasteiger partial charge in [-0.15, -0.1) is 0 Å². The average molecular weight is 254 g/mol. The van der Waals surface area contributed by atoms with Gasteiger partial charge in [0.2, 0.25) is 0 Å². The molecule has 0 saturated heterocycles. The first-order valence-corrected chi connectivity index (χ1v) is 5.98. The Hall–Kier alpha value is -1.35. The number of anilines is 1. The summed E-state index contributed by atoms with van der Waals surface area (Å²) in [6, 6.07) is 4.39. The van der Waals surface area contributed by atoms with Gasteiger partial charge in [0.15, 0.2) is 5.78 Å². The monoisotopic (exact) mass is 253 g/mol. The molecule has 1 N–H and O–H groups in total. The second-order valence-electron chi connectivity index (χ2n) is 4.07. The van der Waals surface area contributed by atoms with E-state index in [1.54, 1.807) is 12.3 Å². The van der Waals surface area contributed by atoms with Crippen LogP contribution in [-0.2, 0) is 4.79 Å². The van der Waals surface area contributed by atoms with Crippen LogP contribution in [0.4, 0.5) is 10.1 Å². The molecule has 0 atom stereocenters. The minimum absolute atomic E-state index is 0.0726. The lowest BCUT2D eigenvalue weighted by molar-refractivity contribution is -0.116. The number of allylic oxidation sites excluding steroid dienone is 1. The van der Waals surface area contributed by atoms with Crippen molar-refractivity contribution >= 4 is 23.1 Å². The second-order valence-corrected chi connectivity index (χ2v) is 4.48. The predicted octanol–water partition coefficient (Wildman–Crippen LogP) is 3.92. The van der Waals surface area contributed by atoms with Gasteiger partial charge in [-0.25, -0.2) is 4.39 Å². The number of Topliss-reactive ketones (excluding diaryl/α,β-unsaturated/α-hetero) is 1. The number of hydrogen-bond donors (Lipinski definition) is 1. The van der Waals surface area contributed by atoms with Crippen LogP contribution in [0.5, 0.6) is 0 Å². The summed E-state index contributed by atoms with van der Waals surface area (Å²) >= 11 is 5.66. The van der Waals surface area contributed by atoms with Crippen LogP contribution in [0.2, 0.25) is 5.02 Å². The fourth-order valence-electron chi connectivity index (χ4n) is 1.81. The zero-order valence-electron chi connectivity index (χ0n) is 9.30. The largest absolute Gasteiger partial charge is 0.361 e. The molecule has 0 radical (unpaired) electrons. The third-order valence-corrected chi connectivity index (χ3v) is 3.08. The summed E-state index contributed by atoms with van der Waals surface area (Å²) in [5, 5.41) is 3.05. The molecule has 1 saturated carbocycles. The van der Waals surface area contributed by atoms with Crippen LogP contribution in [-0.4, -0.2) is 5.78 Å². The Labute approximate surface area is 104 Å². The first-order chi connectivity index (χ1) is 8.16. The van der Waals surface area contributed by atoms with Gasteiger partial charge in [0, 0.05) is 23.9 Å². The van der Waals surface area contributed by atoms with Crippen LogP contribution in [0, 0.1) is 5.82 Å². The number of benzene rings is 1. The summed E-state index contributed by atoms with van der Waals surface area (Å²) in [5.74, 6) is -0.254. The van der Waals surface area contributed by atoms with Crippen molar-refractivity contribution in [1.29, 1.82) is 0 Å². The molecule has 1 aliphatic carbocycles. The van der Waals surface area contributed by atoms with E-state index >= 15 is 0 Å². The van der Waals surface area contributed by atoms with Crippen LogP contribution in [0.25, 0.3) is 0 Å². The molecule has 0 aromatic heterocycles. The SMILES string of the molecule is O=C1CCCC/C1=C\Nc1ccc(F)c(Cl)c1. The average Bonchev–Trinajstić information content (AvgIpc) is 2.32. The third-order valence-electron chi connectivity index (χ3n) is 2.79. The van der Waals surface area contributed by atoms with Crippen molar-refractivity contribution in [3.8, 4) is 0 Å². The molecule has 1 aliphatic rings. The number of ketones is 1. The molecule has 0 bridgehead atoms. The molecular weight excluding hydrogens is 241 g/mol. The molecule has 4 heteroatoms. The number of hydrogen-bond acceptors (Lipinski definition) is 2. The van der Waals surface area contributed by atoms with Crippen LogP contribution in [0.3, 0.4) is 0 Å². The quantitative estimate of drug-likeness (QED) is 0.810. The highest BCUT2D eigenvalue weighted by molar-refractivity contribution is 6.31. The minimum Gasteiger partial charge on any atom is -0.361 e. The molecule has 0 spiro atoms. The van der Waals surface area contributed by atoms with Gasteiger partial charge in [0.05, 0.1) is 5.02 Å². The Morgan fingerprint density at radius 3 is 2.76 bits per heavy atom. The molecule has 1 fully saturated rings. The van der Waals surface area contributed by atoms with E-state index in [-0.39, 0.29) is 10.8 Å². The van der Waals surface area contributed by atoms with E-state index < -0.39 is 5.82 Å². The van der Waals surface area contributed by atoms with Gasteiger partial charge in [-0.05, 0) is 37.5 Å². The van der Waals surface area contributed by atoms with E-state index in [1.807, 2.05) is 0 Å². The maximum Gasteiger partial charge on any atom is 0.160 e. The summed E-state index contributed by atoms with van der Waals surface area (Å²) in [5.41, 5.74) is 1.49. The van der Waals surface area contributed by atoms with Gasteiger partial charge in [-0.2, -0.15) is 0 Å². The van der Waals surface area contributed by atoms with E-state index in [0.29, 0.717) is 12.1 Å². The lowest BCUT2D eigenvalue weighted by atomic mass is 9.94. The molecular formula is C13H13ClFNO. The maximum absolute atomic E-state index is 12.9. The number of rotatable bonds is 2.